The van der Waals surface area contributed by atoms with Gasteiger partial charge >= 0.3 is 0 Å². The average Bonchev–Trinajstić information content (AvgIpc) is 2.93. The second-order valence-corrected chi connectivity index (χ2v) is 11.7. The van der Waals surface area contributed by atoms with Crippen molar-refractivity contribution in [1.29, 1.82) is 0 Å². The summed E-state index contributed by atoms with van der Waals surface area (Å²) in [5.74, 6) is 0.850. The monoisotopic (exact) mass is 237 g/mol. The lowest BCUT2D eigenvalue weighted by molar-refractivity contribution is 0.0874. The summed E-state index contributed by atoms with van der Waals surface area (Å²) in [7, 11) is -0.932. The van der Waals surface area contributed by atoms with Gasteiger partial charge in [0.05, 0.1) is 0 Å². The van der Waals surface area contributed by atoms with Crippen LogP contribution in [-0.4, -0.2) is 19.2 Å². The molecule has 0 aliphatic heterocycles. The molecular formula is C13H23NOSi. The highest BCUT2D eigenvalue weighted by Crippen LogP contribution is 2.39. The second kappa shape index (κ2) is 4.76. The largest absolute Gasteiger partial charge is 0.361 e. The lowest BCUT2D eigenvalue weighted by atomic mass is 10.2. The molecule has 0 amide bonds. The first-order valence-electron chi connectivity index (χ1n) is 6.28. The molecule has 2 rings (SSSR count). The van der Waals surface area contributed by atoms with Crippen molar-refractivity contribution in [2.24, 2.45) is 0 Å². The first-order valence-corrected chi connectivity index (χ1v) is 9.99. The van der Waals surface area contributed by atoms with Gasteiger partial charge < -0.3 is 9.30 Å². The van der Waals surface area contributed by atoms with Crippen LogP contribution in [0, 0.1) is 0 Å². The van der Waals surface area contributed by atoms with Crippen LogP contribution < -0.4 is 0 Å². The molecule has 0 radical (unpaired) electrons. The van der Waals surface area contributed by atoms with Crippen LogP contribution in [0.4, 0.5) is 0 Å². The molecular weight excluding hydrogens is 214 g/mol. The molecule has 1 aromatic rings. The predicted octanol–water partition coefficient (Wildman–Crippen LogP) is 3.68. The quantitative estimate of drug-likeness (QED) is 0.544. The molecule has 0 bridgehead atoms. The SMILES string of the molecule is C[Si](C)(C)CCOCn1ccc(C2CC2)c1. The van der Waals surface area contributed by atoms with E-state index in [2.05, 4.69) is 42.7 Å². The van der Waals surface area contributed by atoms with Crippen LogP contribution in [0.1, 0.15) is 24.3 Å². The molecule has 1 aliphatic carbocycles. The fraction of sp³-hybridized carbons (Fsp3) is 0.692. The third-order valence-corrected chi connectivity index (χ3v) is 4.76. The van der Waals surface area contributed by atoms with Gasteiger partial charge in [0.2, 0.25) is 0 Å². The van der Waals surface area contributed by atoms with E-state index in [1.807, 2.05) is 0 Å². The van der Waals surface area contributed by atoms with Crippen molar-refractivity contribution in [1.82, 2.24) is 4.57 Å². The summed E-state index contributed by atoms with van der Waals surface area (Å²) in [6, 6.07) is 3.49. The summed E-state index contributed by atoms with van der Waals surface area (Å²) >= 11 is 0. The maximum Gasteiger partial charge on any atom is 0.122 e. The highest BCUT2D eigenvalue weighted by molar-refractivity contribution is 6.76. The Labute approximate surface area is 99.6 Å². The van der Waals surface area contributed by atoms with Crippen LogP contribution in [0.15, 0.2) is 18.5 Å². The highest BCUT2D eigenvalue weighted by Gasteiger charge is 2.23. The molecule has 0 saturated heterocycles. The molecule has 2 nitrogen and oxygen atoms in total. The fourth-order valence-corrected chi connectivity index (χ4v) is 2.50. The van der Waals surface area contributed by atoms with E-state index in [1.54, 1.807) is 0 Å². The zero-order valence-electron chi connectivity index (χ0n) is 10.7. The number of hydrogen-bond donors (Lipinski definition) is 0. The summed E-state index contributed by atoms with van der Waals surface area (Å²) in [4.78, 5) is 0. The topological polar surface area (TPSA) is 14.2 Å². The predicted molar refractivity (Wildman–Crippen MR) is 70.5 cm³/mol. The van der Waals surface area contributed by atoms with Gasteiger partial charge in [0.25, 0.3) is 0 Å². The molecule has 0 aromatic carbocycles. The van der Waals surface area contributed by atoms with Gasteiger partial charge in [0.1, 0.15) is 6.73 Å². The molecule has 0 unspecified atom stereocenters. The average molecular weight is 237 g/mol. The van der Waals surface area contributed by atoms with Crippen LogP contribution >= 0.6 is 0 Å². The van der Waals surface area contributed by atoms with Gasteiger partial charge in [-0.1, -0.05) is 19.6 Å². The van der Waals surface area contributed by atoms with Gasteiger partial charge in [-0.15, -0.1) is 0 Å². The van der Waals surface area contributed by atoms with Crippen molar-refractivity contribution < 1.29 is 4.74 Å². The number of aromatic nitrogens is 1. The first kappa shape index (κ1) is 11.9. The van der Waals surface area contributed by atoms with Gasteiger partial charge in [-0.25, -0.2) is 0 Å². The Morgan fingerprint density at radius 1 is 1.38 bits per heavy atom. The number of hydrogen-bond acceptors (Lipinski definition) is 1. The summed E-state index contributed by atoms with van der Waals surface area (Å²) < 4.78 is 7.87. The van der Waals surface area contributed by atoms with Crippen molar-refractivity contribution in [2.75, 3.05) is 6.61 Å². The summed E-state index contributed by atoms with van der Waals surface area (Å²) in [5.41, 5.74) is 1.49. The fourth-order valence-electron chi connectivity index (χ4n) is 1.75. The molecule has 1 saturated carbocycles. The summed E-state index contributed by atoms with van der Waals surface area (Å²) in [6.07, 6.45) is 7.13. The van der Waals surface area contributed by atoms with E-state index in [-0.39, 0.29) is 0 Å². The Kier molecular flexibility index (Phi) is 3.55. The minimum absolute atomic E-state index is 0.719. The van der Waals surface area contributed by atoms with E-state index in [0.29, 0.717) is 0 Å². The van der Waals surface area contributed by atoms with E-state index in [9.17, 15) is 0 Å². The molecule has 0 N–H and O–H groups in total. The zero-order valence-corrected chi connectivity index (χ0v) is 11.7. The lowest BCUT2D eigenvalue weighted by Gasteiger charge is -2.15. The molecule has 90 valence electrons. The maximum atomic E-state index is 5.71. The second-order valence-electron chi connectivity index (χ2n) is 6.08. The standard InChI is InChI=1S/C13H23NOSi/c1-16(2,3)9-8-15-11-14-7-6-13(10-14)12-4-5-12/h6-7,10,12H,4-5,8-9,11H2,1-3H3. The minimum atomic E-state index is -0.932. The molecule has 1 fully saturated rings. The Bertz CT molecular complexity index is 336. The van der Waals surface area contributed by atoms with E-state index in [4.69, 9.17) is 4.74 Å². The number of ether oxygens (including phenoxy) is 1. The summed E-state index contributed by atoms with van der Waals surface area (Å²) in [6.45, 7) is 8.79. The van der Waals surface area contributed by atoms with Crippen molar-refractivity contribution >= 4 is 8.07 Å². The van der Waals surface area contributed by atoms with Gasteiger partial charge in [-0.05, 0) is 36.4 Å². The lowest BCUT2D eigenvalue weighted by Crippen LogP contribution is -2.21. The van der Waals surface area contributed by atoms with Gasteiger partial charge in [0.15, 0.2) is 0 Å². The number of nitrogens with zero attached hydrogens (tertiary/aromatic N) is 1. The first-order chi connectivity index (χ1) is 7.54. The van der Waals surface area contributed by atoms with E-state index in [0.717, 1.165) is 19.3 Å². The van der Waals surface area contributed by atoms with E-state index >= 15 is 0 Å². The van der Waals surface area contributed by atoms with Crippen molar-refractivity contribution in [3.63, 3.8) is 0 Å². The zero-order chi connectivity index (χ0) is 11.6. The molecule has 0 atom stereocenters. The maximum absolute atomic E-state index is 5.71. The van der Waals surface area contributed by atoms with Crippen LogP contribution in [0.5, 0.6) is 0 Å². The Morgan fingerprint density at radius 2 is 2.12 bits per heavy atom. The van der Waals surface area contributed by atoms with Crippen LogP contribution in [0.3, 0.4) is 0 Å². The van der Waals surface area contributed by atoms with Crippen molar-refractivity contribution in [3.8, 4) is 0 Å². The van der Waals surface area contributed by atoms with Crippen LogP contribution in [0.2, 0.25) is 25.7 Å². The smallest absolute Gasteiger partial charge is 0.122 e. The Hall–Kier alpha value is -0.543. The molecule has 16 heavy (non-hydrogen) atoms. The Morgan fingerprint density at radius 3 is 2.75 bits per heavy atom. The van der Waals surface area contributed by atoms with Gasteiger partial charge in [-0.3, -0.25) is 0 Å². The van der Waals surface area contributed by atoms with Crippen molar-refractivity contribution in [2.45, 2.75) is 51.2 Å². The number of rotatable bonds is 6. The third-order valence-electron chi connectivity index (χ3n) is 3.06. The Balaban J connectivity index is 1.68. The summed E-state index contributed by atoms with van der Waals surface area (Å²) in [5, 5.41) is 0. The normalized spacial score (nSPS) is 16.7. The van der Waals surface area contributed by atoms with E-state index < -0.39 is 8.07 Å². The highest BCUT2D eigenvalue weighted by atomic mass is 28.3. The molecule has 1 aromatic heterocycles. The van der Waals surface area contributed by atoms with Gasteiger partial charge in [-0.2, -0.15) is 0 Å². The van der Waals surface area contributed by atoms with Crippen molar-refractivity contribution in [3.05, 3.63) is 24.0 Å². The molecule has 0 spiro atoms. The van der Waals surface area contributed by atoms with Gasteiger partial charge in [0, 0.05) is 27.1 Å². The molecule has 3 heteroatoms. The molecule has 1 heterocycles. The third kappa shape index (κ3) is 3.80. The minimum Gasteiger partial charge on any atom is -0.361 e. The van der Waals surface area contributed by atoms with Crippen LogP contribution in [0.25, 0.3) is 0 Å². The van der Waals surface area contributed by atoms with Crippen LogP contribution in [-0.2, 0) is 11.5 Å². The van der Waals surface area contributed by atoms with E-state index in [1.165, 1.54) is 24.4 Å². The molecule has 1 aliphatic rings.